The number of methoxy groups -OCH3 is 1. The van der Waals surface area contributed by atoms with E-state index >= 15 is 0 Å². The van der Waals surface area contributed by atoms with Crippen molar-refractivity contribution >= 4 is 11.6 Å². The lowest BCUT2D eigenvalue weighted by atomic mass is 10.1. The molecular formula is C14H20N2O2. The van der Waals surface area contributed by atoms with Gasteiger partial charge in [-0.15, -0.1) is 0 Å². The molecule has 0 saturated carbocycles. The molecule has 0 spiro atoms. The van der Waals surface area contributed by atoms with Crippen LogP contribution in [-0.2, 0) is 4.74 Å². The minimum Gasteiger partial charge on any atom is -0.399 e. The first kappa shape index (κ1) is 12.9. The van der Waals surface area contributed by atoms with Gasteiger partial charge in [0.05, 0.1) is 6.61 Å². The Labute approximate surface area is 108 Å². The minimum atomic E-state index is 0.0819. The summed E-state index contributed by atoms with van der Waals surface area (Å²) in [6, 6.07) is 5.48. The highest BCUT2D eigenvalue weighted by atomic mass is 16.5. The van der Waals surface area contributed by atoms with E-state index in [4.69, 9.17) is 10.5 Å². The Hall–Kier alpha value is -1.55. The van der Waals surface area contributed by atoms with E-state index in [9.17, 15) is 4.79 Å². The van der Waals surface area contributed by atoms with Gasteiger partial charge in [-0.1, -0.05) is 6.07 Å². The summed E-state index contributed by atoms with van der Waals surface area (Å²) in [5.74, 6) is 0.540. The van der Waals surface area contributed by atoms with Crippen LogP contribution in [0, 0.1) is 12.8 Å². The molecule has 1 atom stereocenters. The Morgan fingerprint density at radius 2 is 2.33 bits per heavy atom. The maximum absolute atomic E-state index is 12.4. The average molecular weight is 248 g/mol. The lowest BCUT2D eigenvalue weighted by Gasteiger charge is -2.18. The molecular weight excluding hydrogens is 228 g/mol. The molecule has 1 aromatic rings. The summed E-state index contributed by atoms with van der Waals surface area (Å²) >= 11 is 0. The first-order valence-electron chi connectivity index (χ1n) is 6.26. The Balaban J connectivity index is 2.10. The first-order valence-corrected chi connectivity index (χ1v) is 6.26. The Morgan fingerprint density at radius 1 is 1.56 bits per heavy atom. The summed E-state index contributed by atoms with van der Waals surface area (Å²) in [4.78, 5) is 14.3. The Morgan fingerprint density at radius 3 is 3.06 bits per heavy atom. The zero-order valence-electron chi connectivity index (χ0n) is 11.0. The molecule has 98 valence electrons. The van der Waals surface area contributed by atoms with Crippen molar-refractivity contribution in [3.05, 3.63) is 29.3 Å². The summed E-state index contributed by atoms with van der Waals surface area (Å²) in [6.07, 6.45) is 1.01. The lowest BCUT2D eigenvalue weighted by molar-refractivity contribution is 0.0775. The van der Waals surface area contributed by atoms with Crippen LogP contribution in [0.4, 0.5) is 5.69 Å². The molecule has 4 heteroatoms. The van der Waals surface area contributed by atoms with Crippen molar-refractivity contribution in [2.75, 3.05) is 32.5 Å². The van der Waals surface area contributed by atoms with Gasteiger partial charge in [-0.25, -0.2) is 0 Å². The first-order chi connectivity index (χ1) is 8.61. The molecule has 1 heterocycles. The monoisotopic (exact) mass is 248 g/mol. The number of rotatable bonds is 3. The van der Waals surface area contributed by atoms with Gasteiger partial charge in [-0.3, -0.25) is 4.79 Å². The van der Waals surface area contributed by atoms with Gasteiger partial charge in [0.1, 0.15) is 0 Å². The highest BCUT2D eigenvalue weighted by Crippen LogP contribution is 2.21. The molecule has 1 amide bonds. The van der Waals surface area contributed by atoms with Crippen molar-refractivity contribution in [2.45, 2.75) is 13.3 Å². The third kappa shape index (κ3) is 2.64. The van der Waals surface area contributed by atoms with Crippen LogP contribution in [0.1, 0.15) is 22.3 Å². The highest BCUT2D eigenvalue weighted by molar-refractivity contribution is 5.96. The van der Waals surface area contributed by atoms with Gasteiger partial charge in [0.25, 0.3) is 5.91 Å². The number of amides is 1. The van der Waals surface area contributed by atoms with Gasteiger partial charge in [-0.2, -0.15) is 0 Å². The van der Waals surface area contributed by atoms with Crippen molar-refractivity contribution in [2.24, 2.45) is 5.92 Å². The second-order valence-electron chi connectivity index (χ2n) is 4.94. The molecule has 0 radical (unpaired) electrons. The lowest BCUT2D eigenvalue weighted by Crippen LogP contribution is -2.29. The van der Waals surface area contributed by atoms with E-state index in [1.54, 1.807) is 13.2 Å². The normalized spacial score (nSPS) is 19.2. The summed E-state index contributed by atoms with van der Waals surface area (Å²) in [5, 5.41) is 0. The van der Waals surface area contributed by atoms with Gasteiger partial charge < -0.3 is 15.4 Å². The van der Waals surface area contributed by atoms with E-state index in [0.29, 0.717) is 17.2 Å². The zero-order valence-corrected chi connectivity index (χ0v) is 11.0. The number of carbonyl (C=O) groups excluding carboxylic acids is 1. The number of hydrogen-bond donors (Lipinski definition) is 1. The van der Waals surface area contributed by atoms with E-state index in [0.717, 1.165) is 31.7 Å². The molecule has 1 saturated heterocycles. The van der Waals surface area contributed by atoms with Crippen molar-refractivity contribution in [3.63, 3.8) is 0 Å². The summed E-state index contributed by atoms with van der Waals surface area (Å²) in [6.45, 7) is 4.25. The SMILES string of the molecule is COCC1CCN(C(=O)c2cc(N)ccc2C)C1. The van der Waals surface area contributed by atoms with Crippen molar-refractivity contribution in [1.29, 1.82) is 0 Å². The summed E-state index contributed by atoms with van der Waals surface area (Å²) in [7, 11) is 1.70. The number of nitrogen functional groups attached to an aromatic ring is 1. The molecule has 1 aromatic carbocycles. The zero-order chi connectivity index (χ0) is 13.1. The van der Waals surface area contributed by atoms with E-state index < -0.39 is 0 Å². The van der Waals surface area contributed by atoms with E-state index in [-0.39, 0.29) is 5.91 Å². The van der Waals surface area contributed by atoms with Crippen molar-refractivity contribution in [3.8, 4) is 0 Å². The van der Waals surface area contributed by atoms with Crippen LogP contribution < -0.4 is 5.73 Å². The van der Waals surface area contributed by atoms with Crippen molar-refractivity contribution < 1.29 is 9.53 Å². The Kier molecular flexibility index (Phi) is 3.87. The number of nitrogens with two attached hydrogens (primary N) is 1. The number of anilines is 1. The van der Waals surface area contributed by atoms with Crippen LogP contribution in [0.5, 0.6) is 0 Å². The van der Waals surface area contributed by atoms with Gasteiger partial charge in [-0.05, 0) is 31.0 Å². The van der Waals surface area contributed by atoms with Gasteiger partial charge >= 0.3 is 0 Å². The topological polar surface area (TPSA) is 55.6 Å². The molecule has 0 aliphatic carbocycles. The highest BCUT2D eigenvalue weighted by Gasteiger charge is 2.27. The number of aryl methyl sites for hydroxylation is 1. The quantitative estimate of drug-likeness (QED) is 0.828. The summed E-state index contributed by atoms with van der Waals surface area (Å²) < 4.78 is 5.14. The molecule has 1 aliphatic heterocycles. The fraction of sp³-hybridized carbons (Fsp3) is 0.500. The number of ether oxygens (including phenoxy) is 1. The molecule has 1 fully saturated rings. The summed E-state index contributed by atoms with van der Waals surface area (Å²) in [5.41, 5.74) is 8.08. The number of benzene rings is 1. The van der Waals surface area contributed by atoms with Gasteiger partial charge in [0, 0.05) is 37.4 Å². The van der Waals surface area contributed by atoms with Crippen LogP contribution in [0.2, 0.25) is 0 Å². The number of likely N-dealkylation sites (tertiary alicyclic amines) is 1. The standard InChI is InChI=1S/C14H20N2O2/c1-10-3-4-12(15)7-13(10)14(17)16-6-5-11(8-16)9-18-2/h3-4,7,11H,5-6,8-9,15H2,1-2H3. The van der Waals surface area contributed by atoms with Crippen LogP contribution >= 0.6 is 0 Å². The third-order valence-corrected chi connectivity index (χ3v) is 3.47. The maximum atomic E-state index is 12.4. The van der Waals surface area contributed by atoms with Gasteiger partial charge in [0.15, 0.2) is 0 Å². The maximum Gasteiger partial charge on any atom is 0.254 e. The molecule has 0 aromatic heterocycles. The molecule has 1 unspecified atom stereocenters. The largest absolute Gasteiger partial charge is 0.399 e. The number of carbonyl (C=O) groups is 1. The number of nitrogens with zero attached hydrogens (tertiary/aromatic N) is 1. The third-order valence-electron chi connectivity index (χ3n) is 3.47. The van der Waals surface area contributed by atoms with E-state index in [1.165, 1.54) is 0 Å². The molecule has 4 nitrogen and oxygen atoms in total. The predicted octanol–water partition coefficient (Wildman–Crippen LogP) is 1.69. The van der Waals surface area contributed by atoms with Crippen LogP contribution in [0.25, 0.3) is 0 Å². The van der Waals surface area contributed by atoms with Crippen LogP contribution in [0.15, 0.2) is 18.2 Å². The minimum absolute atomic E-state index is 0.0819. The average Bonchev–Trinajstić information content (AvgIpc) is 2.80. The van der Waals surface area contributed by atoms with Crippen LogP contribution in [-0.4, -0.2) is 37.6 Å². The molecule has 18 heavy (non-hydrogen) atoms. The fourth-order valence-corrected chi connectivity index (χ4v) is 2.43. The molecule has 1 aliphatic rings. The van der Waals surface area contributed by atoms with Gasteiger partial charge in [0.2, 0.25) is 0 Å². The predicted molar refractivity (Wildman–Crippen MR) is 71.5 cm³/mol. The molecule has 2 N–H and O–H groups in total. The second-order valence-corrected chi connectivity index (χ2v) is 4.94. The smallest absolute Gasteiger partial charge is 0.254 e. The van der Waals surface area contributed by atoms with E-state index in [2.05, 4.69) is 0 Å². The Bertz CT molecular complexity index is 445. The molecule has 2 rings (SSSR count). The van der Waals surface area contributed by atoms with Crippen molar-refractivity contribution in [1.82, 2.24) is 4.90 Å². The van der Waals surface area contributed by atoms with Crippen LogP contribution in [0.3, 0.4) is 0 Å². The van der Waals surface area contributed by atoms with E-state index in [1.807, 2.05) is 24.0 Å². The second kappa shape index (κ2) is 5.40. The fourth-order valence-electron chi connectivity index (χ4n) is 2.43. The molecule has 0 bridgehead atoms. The number of hydrogen-bond acceptors (Lipinski definition) is 3.